The van der Waals surface area contributed by atoms with Gasteiger partial charge in [0.2, 0.25) is 0 Å². The fourth-order valence-corrected chi connectivity index (χ4v) is 3.30. The van der Waals surface area contributed by atoms with Crippen LogP contribution in [-0.2, 0) is 9.09 Å². The number of unbranched alkanes of at least 4 members (excludes halogenated alkanes) is 13. The maximum Gasteiger partial charge on any atom is 1.00 e. The van der Waals surface area contributed by atoms with Crippen LogP contribution >= 0.6 is 7.82 Å². The molecule has 170 valence electrons. The summed E-state index contributed by atoms with van der Waals surface area (Å²) in [6, 6.07) is 6.15. The van der Waals surface area contributed by atoms with Gasteiger partial charge in [-0.25, -0.2) is 0 Å². The first-order valence-corrected chi connectivity index (χ1v) is 12.5. The zero-order valence-electron chi connectivity index (χ0n) is 18.9. The van der Waals surface area contributed by atoms with Crippen LogP contribution in [0.15, 0.2) is 24.3 Å². The van der Waals surface area contributed by atoms with Crippen molar-refractivity contribution in [2.75, 3.05) is 6.61 Å². The minimum absolute atomic E-state index is 0. The Morgan fingerprint density at radius 2 is 1.10 bits per heavy atom. The minimum Gasteiger partial charge on any atom is -0.756 e. The second-order valence-electron chi connectivity index (χ2n) is 7.39. The quantitative estimate of drug-likeness (QED) is 0.148. The number of phenols is 2. The van der Waals surface area contributed by atoms with E-state index in [2.05, 4.69) is 11.4 Å². The summed E-state index contributed by atoms with van der Waals surface area (Å²) in [4.78, 5) is 18.7. The largest absolute Gasteiger partial charge is 1.00 e. The van der Waals surface area contributed by atoms with Gasteiger partial charge in [0.15, 0.2) is 11.5 Å². The molecule has 0 radical (unpaired) electrons. The Morgan fingerprint density at radius 3 is 1.40 bits per heavy atom. The fraction of sp³-hybridized carbons (Fsp3) is 0.727. The molecular weight excluding hydrogens is 430 g/mol. The third-order valence-corrected chi connectivity index (χ3v) is 5.14. The van der Waals surface area contributed by atoms with E-state index in [0.717, 1.165) is 12.8 Å². The first kappa shape index (κ1) is 32.7. The van der Waals surface area contributed by atoms with Crippen LogP contribution < -0.4 is 56.3 Å². The average Bonchev–Trinajstić information content (AvgIpc) is 2.67. The smallest absolute Gasteiger partial charge is 0.756 e. The second-order valence-corrected chi connectivity index (χ2v) is 8.58. The van der Waals surface area contributed by atoms with Crippen molar-refractivity contribution in [3.05, 3.63) is 24.3 Å². The minimum atomic E-state index is -4.50. The molecule has 0 heterocycles. The molecule has 0 bridgehead atoms. The number of aromatic hydroxyl groups is 2. The summed E-state index contributed by atoms with van der Waals surface area (Å²) in [6.45, 7) is 2.36. The van der Waals surface area contributed by atoms with Crippen molar-refractivity contribution in [2.24, 2.45) is 0 Å². The molecule has 1 unspecified atom stereocenters. The number of para-hydroxylation sites is 2. The van der Waals surface area contributed by atoms with Gasteiger partial charge in [-0.05, 0) is 18.6 Å². The zero-order valence-corrected chi connectivity index (χ0v) is 22.9. The average molecular weight is 471 g/mol. The summed E-state index contributed by atoms with van der Waals surface area (Å²) in [5, 5.41) is 17.3. The molecule has 0 aliphatic heterocycles. The summed E-state index contributed by atoms with van der Waals surface area (Å²) < 4.78 is 14.6. The van der Waals surface area contributed by atoms with Crippen molar-refractivity contribution in [1.29, 1.82) is 0 Å². The maximum atomic E-state index is 10.3. The molecule has 1 rings (SSSR count). The summed E-state index contributed by atoms with van der Waals surface area (Å²) >= 11 is 0. The van der Waals surface area contributed by atoms with Gasteiger partial charge in [0.05, 0.1) is 6.61 Å². The van der Waals surface area contributed by atoms with Crippen LogP contribution in [0, 0.1) is 0 Å². The van der Waals surface area contributed by atoms with E-state index in [0.29, 0.717) is 6.42 Å². The fourth-order valence-electron chi connectivity index (χ4n) is 2.94. The molecule has 1 aromatic carbocycles. The SMILES string of the molecule is CCCCCCCCCCCCCCCCOP(=O)([O-])O.Oc1ccccc1O.[K+]. The molecule has 1 aromatic rings. The first-order valence-electron chi connectivity index (χ1n) is 11.0. The van der Waals surface area contributed by atoms with Gasteiger partial charge in [-0.3, -0.25) is 4.57 Å². The van der Waals surface area contributed by atoms with Crippen LogP contribution in [0.3, 0.4) is 0 Å². The Labute approximate surface area is 225 Å². The van der Waals surface area contributed by atoms with Crippen molar-refractivity contribution in [3.63, 3.8) is 0 Å². The number of hydrogen-bond donors (Lipinski definition) is 3. The number of phenolic OH excluding ortho intramolecular Hbond substituents is 2. The van der Waals surface area contributed by atoms with Crippen LogP contribution in [0.4, 0.5) is 0 Å². The predicted molar refractivity (Wildman–Crippen MR) is 116 cm³/mol. The molecule has 0 fully saturated rings. The molecule has 0 saturated carbocycles. The molecule has 8 heteroatoms. The molecule has 0 aromatic heterocycles. The van der Waals surface area contributed by atoms with Crippen molar-refractivity contribution >= 4 is 7.82 Å². The summed E-state index contributed by atoms with van der Waals surface area (Å²) in [6.07, 6.45) is 17.6. The van der Waals surface area contributed by atoms with Gasteiger partial charge in [-0.2, -0.15) is 0 Å². The Morgan fingerprint density at radius 1 is 0.767 bits per heavy atom. The molecular formula is C22H40KO6P. The third-order valence-electron chi connectivity index (χ3n) is 4.63. The predicted octanol–water partition coefficient (Wildman–Crippen LogP) is 3.05. The van der Waals surface area contributed by atoms with Gasteiger partial charge in [0.1, 0.15) is 0 Å². The zero-order chi connectivity index (χ0) is 21.8. The molecule has 0 amide bonds. The Kier molecular flexibility index (Phi) is 24.8. The van der Waals surface area contributed by atoms with E-state index in [4.69, 9.17) is 15.1 Å². The summed E-state index contributed by atoms with van der Waals surface area (Å²) in [5.41, 5.74) is 0. The van der Waals surface area contributed by atoms with Gasteiger partial charge < -0.3 is 24.5 Å². The second kappa shape index (κ2) is 22.7. The van der Waals surface area contributed by atoms with Crippen molar-refractivity contribution < 1.29 is 80.5 Å². The molecule has 6 nitrogen and oxygen atoms in total. The van der Waals surface area contributed by atoms with Crippen LogP contribution in [0.25, 0.3) is 0 Å². The maximum absolute atomic E-state index is 10.3. The number of benzene rings is 1. The normalized spacial score (nSPS) is 12.4. The van der Waals surface area contributed by atoms with Crippen LogP contribution in [-0.4, -0.2) is 21.7 Å². The molecule has 0 aliphatic rings. The Bertz CT molecular complexity index is 517. The van der Waals surface area contributed by atoms with Gasteiger partial charge in [-0.15, -0.1) is 0 Å². The van der Waals surface area contributed by atoms with Gasteiger partial charge in [0, 0.05) is 0 Å². The van der Waals surface area contributed by atoms with Gasteiger partial charge in [-0.1, -0.05) is 103 Å². The van der Waals surface area contributed by atoms with E-state index < -0.39 is 7.82 Å². The van der Waals surface area contributed by atoms with Crippen LogP contribution in [0.5, 0.6) is 11.5 Å². The third kappa shape index (κ3) is 24.8. The van der Waals surface area contributed by atoms with E-state index >= 15 is 0 Å². The summed E-state index contributed by atoms with van der Waals surface area (Å²) in [5.74, 6) is -0.153. The standard InChI is InChI=1S/C16H35O4P.C6H6O2.K/c1-2-3-4-5-6-7-8-9-10-11-12-13-14-15-16-20-21(17,18)19;7-5-3-1-2-4-6(5)8;/h2-16H2,1H3,(H2,17,18,19);1-4,7-8H;/q;;+1/p-1. The number of phosphoric ester groups is 1. The molecule has 3 N–H and O–H groups in total. The van der Waals surface area contributed by atoms with E-state index in [9.17, 15) is 9.46 Å². The van der Waals surface area contributed by atoms with Crippen molar-refractivity contribution in [1.82, 2.24) is 0 Å². The molecule has 0 aliphatic carbocycles. The topological polar surface area (TPSA) is 110 Å². The molecule has 0 spiro atoms. The number of hydrogen-bond acceptors (Lipinski definition) is 5. The van der Waals surface area contributed by atoms with Crippen LogP contribution in [0.2, 0.25) is 0 Å². The summed E-state index contributed by atoms with van der Waals surface area (Å²) in [7, 11) is -4.50. The van der Waals surface area contributed by atoms with Crippen molar-refractivity contribution in [3.8, 4) is 11.5 Å². The molecule has 30 heavy (non-hydrogen) atoms. The number of rotatable bonds is 16. The number of phosphoric acid groups is 1. The monoisotopic (exact) mass is 470 g/mol. The van der Waals surface area contributed by atoms with E-state index in [1.807, 2.05) is 0 Å². The molecule has 0 saturated heterocycles. The molecule has 1 atom stereocenters. The Balaban J connectivity index is 0. The van der Waals surface area contributed by atoms with E-state index in [1.165, 1.54) is 82.8 Å². The van der Waals surface area contributed by atoms with Crippen LogP contribution in [0.1, 0.15) is 96.8 Å². The Hall–Kier alpha value is 0.566. The van der Waals surface area contributed by atoms with E-state index in [-0.39, 0.29) is 69.5 Å². The van der Waals surface area contributed by atoms with E-state index in [1.54, 1.807) is 12.1 Å². The van der Waals surface area contributed by atoms with Gasteiger partial charge in [0.25, 0.3) is 7.82 Å². The van der Waals surface area contributed by atoms with Gasteiger partial charge >= 0.3 is 51.4 Å². The van der Waals surface area contributed by atoms with Crippen molar-refractivity contribution in [2.45, 2.75) is 96.8 Å². The first-order chi connectivity index (χ1) is 13.9.